The Morgan fingerprint density at radius 1 is 1.33 bits per heavy atom. The Hall–Kier alpha value is -1.67. The maximum Gasteiger partial charge on any atom is 0.345 e. The van der Waals surface area contributed by atoms with Gasteiger partial charge >= 0.3 is 5.69 Å². The number of H-pyrrole nitrogens is 1. The van der Waals surface area contributed by atoms with Crippen molar-refractivity contribution in [3.05, 3.63) is 39.0 Å². The van der Waals surface area contributed by atoms with Gasteiger partial charge in [-0.25, -0.2) is 9.78 Å². The molecule has 8 heteroatoms. The van der Waals surface area contributed by atoms with Gasteiger partial charge in [-0.1, -0.05) is 25.6 Å². The van der Waals surface area contributed by atoms with E-state index < -0.39 is 5.69 Å². The molecule has 27 heavy (non-hydrogen) atoms. The number of aromatic nitrogens is 3. The quantitative estimate of drug-likeness (QED) is 0.766. The normalized spacial score (nSPS) is 20.0. The molecule has 2 N–H and O–H groups in total. The molecule has 0 spiro atoms. The van der Waals surface area contributed by atoms with Gasteiger partial charge < -0.3 is 10.3 Å². The van der Waals surface area contributed by atoms with E-state index in [-0.39, 0.29) is 17.6 Å². The number of amides is 1. The van der Waals surface area contributed by atoms with Crippen molar-refractivity contribution in [3.63, 3.8) is 0 Å². The van der Waals surface area contributed by atoms with Crippen LogP contribution in [0.2, 0.25) is 0 Å². The summed E-state index contributed by atoms with van der Waals surface area (Å²) in [5.41, 5.74) is 1.58. The lowest BCUT2D eigenvalue weighted by atomic mass is 9.95. The van der Waals surface area contributed by atoms with E-state index in [9.17, 15) is 9.59 Å². The minimum absolute atomic E-state index is 0.141. The molecule has 0 bridgehead atoms. The third-order valence-corrected chi connectivity index (χ3v) is 6.96. The fourth-order valence-corrected chi connectivity index (χ4v) is 5.57. The van der Waals surface area contributed by atoms with Crippen LogP contribution in [0.15, 0.2) is 20.6 Å². The highest BCUT2D eigenvalue weighted by molar-refractivity contribution is 8.01. The zero-order valence-electron chi connectivity index (χ0n) is 15.9. The summed E-state index contributed by atoms with van der Waals surface area (Å²) in [6, 6.07) is 1.84. The maximum atomic E-state index is 12.5. The van der Waals surface area contributed by atoms with Gasteiger partial charge in [-0.3, -0.25) is 4.79 Å². The largest absolute Gasteiger partial charge is 0.348 e. The Kier molecular flexibility index (Phi) is 6.70. The number of thioether (sulfide) groups is 1. The summed E-state index contributed by atoms with van der Waals surface area (Å²) in [5, 5.41) is 5.69. The molecular formula is C19H26N4O2S2. The van der Waals surface area contributed by atoms with Crippen LogP contribution in [0.3, 0.4) is 0 Å². The van der Waals surface area contributed by atoms with Crippen LogP contribution in [-0.4, -0.2) is 32.2 Å². The molecular weight excluding hydrogens is 380 g/mol. The average Bonchev–Trinajstić information content (AvgIpc) is 3.00. The fourth-order valence-electron chi connectivity index (χ4n) is 3.29. The fraction of sp³-hybridized carbons (Fsp3) is 0.579. The second kappa shape index (κ2) is 9.01. The van der Waals surface area contributed by atoms with E-state index in [1.807, 2.05) is 18.7 Å². The molecule has 2 aromatic heterocycles. The van der Waals surface area contributed by atoms with Crippen LogP contribution in [0.25, 0.3) is 0 Å². The minimum atomic E-state index is -0.461. The van der Waals surface area contributed by atoms with Gasteiger partial charge in [-0.2, -0.15) is 4.98 Å². The van der Waals surface area contributed by atoms with Gasteiger partial charge in [0.2, 0.25) is 0 Å². The molecule has 1 aliphatic rings. The van der Waals surface area contributed by atoms with Crippen LogP contribution in [0.5, 0.6) is 0 Å². The molecule has 3 rings (SSSR count). The third kappa shape index (κ3) is 5.90. The summed E-state index contributed by atoms with van der Waals surface area (Å²) in [5.74, 6) is 0.145. The molecule has 2 aromatic rings. The summed E-state index contributed by atoms with van der Waals surface area (Å²) in [6.07, 6.45) is 4.70. The van der Waals surface area contributed by atoms with E-state index in [4.69, 9.17) is 0 Å². The molecule has 1 saturated carbocycles. The molecule has 0 atom stereocenters. The molecule has 1 aliphatic carbocycles. The molecule has 6 nitrogen and oxygen atoms in total. The molecule has 146 valence electrons. The monoisotopic (exact) mass is 406 g/mol. The Balaban J connectivity index is 1.53. The van der Waals surface area contributed by atoms with Crippen LogP contribution in [0.1, 0.15) is 61.4 Å². The standard InChI is InChI=1S/C19H26N4O2S2/c1-11(2)8-14-9-16(23-18(25)22-14)17(24)21-13-4-6-15(7-5-13)27-19-20-12(3)10-26-19/h9-11,13,15H,4-8H2,1-3H3,(H,21,24)(H,22,23,25). The van der Waals surface area contributed by atoms with Crippen molar-refractivity contribution in [1.29, 1.82) is 0 Å². The Bertz CT molecular complexity index is 838. The second-order valence-electron chi connectivity index (χ2n) is 7.51. The van der Waals surface area contributed by atoms with Gasteiger partial charge in [0.1, 0.15) is 10.0 Å². The number of nitrogens with one attached hydrogen (secondary N) is 2. The van der Waals surface area contributed by atoms with E-state index in [1.165, 1.54) is 0 Å². The molecule has 0 radical (unpaired) electrons. The zero-order valence-corrected chi connectivity index (χ0v) is 17.6. The van der Waals surface area contributed by atoms with E-state index in [2.05, 4.69) is 39.5 Å². The average molecular weight is 407 g/mol. The topological polar surface area (TPSA) is 87.7 Å². The lowest BCUT2D eigenvalue weighted by molar-refractivity contribution is 0.0922. The van der Waals surface area contributed by atoms with E-state index in [1.54, 1.807) is 17.4 Å². The van der Waals surface area contributed by atoms with E-state index >= 15 is 0 Å². The smallest absolute Gasteiger partial charge is 0.345 e. The van der Waals surface area contributed by atoms with Crippen LogP contribution in [-0.2, 0) is 6.42 Å². The maximum absolute atomic E-state index is 12.5. The van der Waals surface area contributed by atoms with Crippen molar-refractivity contribution >= 4 is 29.0 Å². The summed E-state index contributed by atoms with van der Waals surface area (Å²) in [6.45, 7) is 6.16. The third-order valence-electron chi connectivity index (χ3n) is 4.54. The van der Waals surface area contributed by atoms with Crippen LogP contribution < -0.4 is 11.0 Å². The molecule has 0 aromatic carbocycles. The van der Waals surface area contributed by atoms with Crippen molar-refractivity contribution in [1.82, 2.24) is 20.3 Å². The number of carbonyl (C=O) groups is 1. The number of carbonyl (C=O) groups excluding carboxylic acids is 1. The van der Waals surface area contributed by atoms with Crippen molar-refractivity contribution in [2.24, 2.45) is 5.92 Å². The first-order chi connectivity index (χ1) is 12.9. The number of aryl methyl sites for hydroxylation is 1. The molecule has 0 unspecified atom stereocenters. The van der Waals surface area contributed by atoms with Gasteiger partial charge in [-0.05, 0) is 51.0 Å². The summed E-state index contributed by atoms with van der Waals surface area (Å²) in [7, 11) is 0. The highest BCUT2D eigenvalue weighted by Crippen LogP contribution is 2.35. The molecule has 1 fully saturated rings. The summed E-state index contributed by atoms with van der Waals surface area (Å²) >= 11 is 3.55. The van der Waals surface area contributed by atoms with Crippen LogP contribution in [0, 0.1) is 12.8 Å². The van der Waals surface area contributed by atoms with Crippen molar-refractivity contribution in [3.8, 4) is 0 Å². The lowest BCUT2D eigenvalue weighted by Crippen LogP contribution is -2.39. The number of rotatable bonds is 6. The van der Waals surface area contributed by atoms with Gasteiger partial charge in [-0.15, -0.1) is 11.3 Å². The van der Waals surface area contributed by atoms with Crippen LogP contribution >= 0.6 is 23.1 Å². The Labute approximate surface area is 167 Å². The highest BCUT2D eigenvalue weighted by atomic mass is 32.2. The predicted molar refractivity (Wildman–Crippen MR) is 110 cm³/mol. The first-order valence-electron chi connectivity index (χ1n) is 9.39. The molecule has 0 saturated heterocycles. The van der Waals surface area contributed by atoms with Crippen molar-refractivity contribution in [2.45, 2.75) is 68.5 Å². The highest BCUT2D eigenvalue weighted by Gasteiger charge is 2.24. The molecule has 1 amide bonds. The second-order valence-corrected chi connectivity index (χ2v) is 9.92. The summed E-state index contributed by atoms with van der Waals surface area (Å²) < 4.78 is 1.13. The SMILES string of the molecule is Cc1csc(SC2CCC(NC(=O)c3cc(CC(C)C)[nH]c(=O)n3)CC2)n1. The summed E-state index contributed by atoms with van der Waals surface area (Å²) in [4.78, 5) is 35.4. The number of hydrogen-bond acceptors (Lipinski definition) is 6. The van der Waals surface area contributed by atoms with Gasteiger partial charge in [0.15, 0.2) is 0 Å². The molecule has 2 heterocycles. The Morgan fingerprint density at radius 3 is 2.70 bits per heavy atom. The first kappa shape index (κ1) is 20.1. The van der Waals surface area contributed by atoms with Gasteiger partial charge in [0.25, 0.3) is 5.91 Å². The van der Waals surface area contributed by atoms with Gasteiger partial charge in [0, 0.05) is 28.1 Å². The lowest BCUT2D eigenvalue weighted by Gasteiger charge is -2.28. The Morgan fingerprint density at radius 2 is 2.07 bits per heavy atom. The van der Waals surface area contributed by atoms with Crippen molar-refractivity contribution < 1.29 is 4.79 Å². The predicted octanol–water partition coefficient (Wildman–Crippen LogP) is 3.57. The first-order valence-corrected chi connectivity index (χ1v) is 11.1. The van der Waals surface area contributed by atoms with Crippen molar-refractivity contribution in [2.75, 3.05) is 0 Å². The van der Waals surface area contributed by atoms with E-state index in [0.29, 0.717) is 11.2 Å². The van der Waals surface area contributed by atoms with Crippen LogP contribution in [0.4, 0.5) is 0 Å². The van der Waals surface area contributed by atoms with Gasteiger partial charge in [0.05, 0.1) is 0 Å². The zero-order chi connectivity index (χ0) is 19.4. The number of hydrogen-bond donors (Lipinski definition) is 2. The molecule has 0 aliphatic heterocycles. The number of aromatic amines is 1. The number of nitrogens with zero attached hydrogens (tertiary/aromatic N) is 2. The van der Waals surface area contributed by atoms with E-state index in [0.717, 1.165) is 47.8 Å². The minimum Gasteiger partial charge on any atom is -0.348 e. The number of thiazole rings is 1.